The number of piperidine rings is 1. The van der Waals surface area contributed by atoms with Crippen LogP contribution in [-0.2, 0) is 37.1 Å². The van der Waals surface area contributed by atoms with Crippen molar-refractivity contribution in [3.8, 4) is 11.3 Å². The average molecular weight is 740 g/mol. The second-order valence-corrected chi connectivity index (χ2v) is 15.2. The number of benzene rings is 1. The van der Waals surface area contributed by atoms with Gasteiger partial charge in [0.05, 0.1) is 47.1 Å². The molecule has 0 spiro atoms. The lowest BCUT2D eigenvalue weighted by molar-refractivity contribution is -0.152. The third-order valence-electron chi connectivity index (χ3n) is 8.87. The van der Waals surface area contributed by atoms with Gasteiger partial charge in [0.25, 0.3) is 0 Å². The molecule has 18 heteroatoms. The molecule has 13 nitrogen and oxygen atoms in total. The number of anilines is 2. The Morgan fingerprint density at radius 1 is 1.04 bits per heavy atom. The van der Waals surface area contributed by atoms with E-state index in [0.29, 0.717) is 64.4 Å². The summed E-state index contributed by atoms with van der Waals surface area (Å²) < 4.78 is 92.0. The number of sulfonamides is 1. The SMILES string of the molecule is CCOC(=O)C1CCN(C(=O)C2CCC(NS(=O)(=O)c3ccc(Nc4ncc(C(F)(F)F)c(-c5cnn(CC(C)(C)O)c5)n4)c(F)c3)CC2)CC1. The molecule has 0 radical (unpaired) electrons. The Kier molecular flexibility index (Phi) is 11.4. The third-order valence-corrected chi connectivity index (χ3v) is 10.4. The molecule has 2 fully saturated rings. The molecule has 278 valence electrons. The number of rotatable bonds is 11. The van der Waals surface area contributed by atoms with Crippen LogP contribution >= 0.6 is 0 Å². The summed E-state index contributed by atoms with van der Waals surface area (Å²) >= 11 is 0. The highest BCUT2D eigenvalue weighted by Gasteiger charge is 2.37. The number of hydrogen-bond acceptors (Lipinski definition) is 10. The van der Waals surface area contributed by atoms with Crippen molar-refractivity contribution >= 4 is 33.5 Å². The fourth-order valence-electron chi connectivity index (χ4n) is 6.32. The quantitative estimate of drug-likeness (QED) is 0.186. The van der Waals surface area contributed by atoms with E-state index < -0.39 is 44.9 Å². The molecule has 2 aliphatic rings. The van der Waals surface area contributed by atoms with E-state index >= 15 is 4.39 Å². The molecule has 1 amide bonds. The summed E-state index contributed by atoms with van der Waals surface area (Å²) in [6, 6.07) is 2.58. The third kappa shape index (κ3) is 9.59. The van der Waals surface area contributed by atoms with Gasteiger partial charge in [-0.1, -0.05) is 0 Å². The second-order valence-electron chi connectivity index (χ2n) is 13.5. The minimum Gasteiger partial charge on any atom is -0.466 e. The standard InChI is InChI=1S/C33H41F4N7O6S/c1-4-50-30(46)21-11-13-43(14-12-21)29(45)20-5-7-23(8-6-20)42-51(48,49)24-9-10-27(26(34)15-24)40-31-38-17-25(33(35,36)37)28(41-31)22-16-39-44(18-22)19-32(2,3)47/h9-10,15-18,20-21,23,42,47H,4-8,11-14,19H2,1-3H3,(H,38,40,41). The molecule has 1 saturated heterocycles. The maximum atomic E-state index is 15.2. The van der Waals surface area contributed by atoms with Crippen molar-refractivity contribution < 1.29 is 45.4 Å². The van der Waals surface area contributed by atoms with Gasteiger partial charge < -0.3 is 20.1 Å². The first-order valence-corrected chi connectivity index (χ1v) is 18.2. The number of ether oxygens (including phenoxy) is 1. The molecule has 1 aromatic carbocycles. The first-order chi connectivity index (χ1) is 23.9. The van der Waals surface area contributed by atoms with Gasteiger partial charge >= 0.3 is 12.1 Å². The number of esters is 1. The zero-order chi connectivity index (χ0) is 37.1. The van der Waals surface area contributed by atoms with Crippen LogP contribution in [0.25, 0.3) is 11.3 Å². The van der Waals surface area contributed by atoms with E-state index in [2.05, 4.69) is 25.1 Å². The molecule has 1 saturated carbocycles. The van der Waals surface area contributed by atoms with Gasteiger partial charge in [0.2, 0.25) is 21.9 Å². The normalized spacial score (nSPS) is 19.2. The fraction of sp³-hybridized carbons (Fsp3) is 0.545. The van der Waals surface area contributed by atoms with Crippen LogP contribution in [0.2, 0.25) is 0 Å². The highest BCUT2D eigenvalue weighted by Crippen LogP contribution is 2.37. The number of amides is 1. The van der Waals surface area contributed by atoms with Crippen molar-refractivity contribution in [3.05, 3.63) is 48.2 Å². The van der Waals surface area contributed by atoms with Gasteiger partial charge in [-0.25, -0.2) is 27.5 Å². The summed E-state index contributed by atoms with van der Waals surface area (Å²) in [6.45, 7) is 6.02. The number of nitrogens with one attached hydrogen (secondary N) is 2. The van der Waals surface area contributed by atoms with E-state index in [0.717, 1.165) is 24.4 Å². The average Bonchev–Trinajstić information content (AvgIpc) is 3.52. The van der Waals surface area contributed by atoms with Gasteiger partial charge in [-0.15, -0.1) is 0 Å². The van der Waals surface area contributed by atoms with Gasteiger partial charge in [0.15, 0.2) is 0 Å². The van der Waals surface area contributed by atoms with Crippen LogP contribution in [0.1, 0.15) is 64.9 Å². The minimum atomic E-state index is -4.82. The molecule has 5 rings (SSSR count). The molecular weight excluding hydrogens is 698 g/mol. The summed E-state index contributed by atoms with van der Waals surface area (Å²) in [7, 11) is -4.17. The minimum absolute atomic E-state index is 0.000779. The number of carbonyl (C=O) groups is 2. The first-order valence-electron chi connectivity index (χ1n) is 16.7. The molecule has 3 N–H and O–H groups in total. The van der Waals surface area contributed by atoms with Gasteiger partial charge in [-0.05, 0) is 77.5 Å². The van der Waals surface area contributed by atoms with Crippen molar-refractivity contribution in [2.45, 2.75) is 88.6 Å². The number of nitrogens with zero attached hydrogens (tertiary/aromatic N) is 5. The van der Waals surface area contributed by atoms with Crippen LogP contribution in [0, 0.1) is 17.7 Å². The van der Waals surface area contributed by atoms with Crippen molar-refractivity contribution in [2.75, 3.05) is 25.0 Å². The number of alkyl halides is 3. The number of aromatic nitrogens is 4. The molecule has 51 heavy (non-hydrogen) atoms. The Morgan fingerprint density at radius 2 is 1.73 bits per heavy atom. The number of halogens is 4. The van der Waals surface area contributed by atoms with E-state index in [4.69, 9.17) is 4.74 Å². The molecule has 0 atom stereocenters. The van der Waals surface area contributed by atoms with E-state index in [1.54, 1.807) is 11.8 Å². The number of carbonyl (C=O) groups excluding carboxylic acids is 2. The summed E-state index contributed by atoms with van der Waals surface area (Å²) in [5.74, 6) is -2.11. The van der Waals surface area contributed by atoms with Crippen LogP contribution in [0.5, 0.6) is 0 Å². The van der Waals surface area contributed by atoms with Crippen molar-refractivity contribution in [3.63, 3.8) is 0 Å². The molecule has 2 aromatic heterocycles. The summed E-state index contributed by atoms with van der Waals surface area (Å²) in [5, 5.41) is 16.6. The Bertz CT molecular complexity index is 1830. The topological polar surface area (TPSA) is 169 Å². The summed E-state index contributed by atoms with van der Waals surface area (Å²) in [4.78, 5) is 34.2. The van der Waals surface area contributed by atoms with Gasteiger partial charge in [0.1, 0.15) is 11.4 Å². The Balaban J connectivity index is 1.20. The lowest BCUT2D eigenvalue weighted by atomic mass is 9.85. The maximum absolute atomic E-state index is 15.2. The van der Waals surface area contributed by atoms with E-state index in [-0.39, 0.29) is 52.4 Å². The molecular formula is C33H41F4N7O6S. The van der Waals surface area contributed by atoms with Gasteiger partial charge in [-0.3, -0.25) is 14.3 Å². The molecule has 0 unspecified atom stereocenters. The zero-order valence-corrected chi connectivity index (χ0v) is 29.2. The van der Waals surface area contributed by atoms with E-state index in [9.17, 15) is 36.3 Å². The monoisotopic (exact) mass is 739 g/mol. The van der Waals surface area contributed by atoms with Crippen molar-refractivity contribution in [2.24, 2.45) is 11.8 Å². The molecule has 3 heterocycles. The zero-order valence-electron chi connectivity index (χ0n) is 28.4. The predicted molar refractivity (Wildman–Crippen MR) is 176 cm³/mol. The highest BCUT2D eigenvalue weighted by molar-refractivity contribution is 7.89. The van der Waals surface area contributed by atoms with Crippen molar-refractivity contribution in [1.29, 1.82) is 0 Å². The summed E-state index contributed by atoms with van der Waals surface area (Å²) in [5.41, 5.74) is -3.16. The smallest absolute Gasteiger partial charge is 0.419 e. The molecule has 3 aromatic rings. The van der Waals surface area contributed by atoms with Crippen LogP contribution in [0.3, 0.4) is 0 Å². The second kappa shape index (κ2) is 15.2. The molecule has 0 bridgehead atoms. The molecule has 1 aliphatic carbocycles. The number of aliphatic hydroxyl groups is 1. The Labute approximate surface area is 292 Å². The fourth-order valence-corrected chi connectivity index (χ4v) is 7.64. The highest BCUT2D eigenvalue weighted by atomic mass is 32.2. The Morgan fingerprint density at radius 3 is 2.33 bits per heavy atom. The van der Waals surface area contributed by atoms with Crippen LogP contribution in [0.15, 0.2) is 41.7 Å². The predicted octanol–water partition coefficient (Wildman–Crippen LogP) is 4.65. The van der Waals surface area contributed by atoms with Crippen LogP contribution < -0.4 is 10.0 Å². The Hall–Kier alpha value is -4.16. The first kappa shape index (κ1) is 38.1. The number of likely N-dealkylation sites (tertiary alicyclic amines) is 1. The van der Waals surface area contributed by atoms with Gasteiger partial charge in [0, 0.05) is 43.0 Å². The maximum Gasteiger partial charge on any atom is 0.419 e. The van der Waals surface area contributed by atoms with Gasteiger partial charge in [-0.2, -0.15) is 18.3 Å². The lowest BCUT2D eigenvalue weighted by Gasteiger charge is -2.35. The van der Waals surface area contributed by atoms with Crippen molar-refractivity contribution in [1.82, 2.24) is 29.4 Å². The lowest BCUT2D eigenvalue weighted by Crippen LogP contribution is -2.45. The van der Waals surface area contributed by atoms with E-state index in [1.807, 2.05) is 0 Å². The largest absolute Gasteiger partial charge is 0.466 e. The summed E-state index contributed by atoms with van der Waals surface area (Å²) in [6.07, 6.45) is 1.00. The molecule has 1 aliphatic heterocycles. The number of hydrogen-bond donors (Lipinski definition) is 3. The van der Waals surface area contributed by atoms with E-state index in [1.165, 1.54) is 24.7 Å². The van der Waals surface area contributed by atoms with Crippen LogP contribution in [-0.4, -0.2) is 81.4 Å². The van der Waals surface area contributed by atoms with Crippen LogP contribution in [0.4, 0.5) is 29.2 Å².